The minimum atomic E-state index is -0.396. The molecule has 0 spiro atoms. The second-order valence-electron chi connectivity index (χ2n) is 6.91. The number of nitrogens with one attached hydrogen (secondary N) is 1. The molecule has 1 atom stereocenters. The van der Waals surface area contributed by atoms with Crippen molar-refractivity contribution in [3.8, 4) is 5.75 Å². The Morgan fingerprint density at radius 2 is 2.04 bits per heavy atom. The number of hydrogen-bond donors (Lipinski definition) is 1. The molecule has 1 aromatic heterocycles. The van der Waals surface area contributed by atoms with E-state index < -0.39 is 6.04 Å². The highest BCUT2D eigenvalue weighted by Gasteiger charge is 2.34. The van der Waals surface area contributed by atoms with Crippen molar-refractivity contribution in [1.29, 1.82) is 0 Å². The van der Waals surface area contributed by atoms with Crippen molar-refractivity contribution >= 4 is 11.9 Å². The molecule has 2 aromatic rings. The third-order valence-electron chi connectivity index (χ3n) is 4.45. The first kappa shape index (κ1) is 18.9. The third-order valence-corrected chi connectivity index (χ3v) is 4.45. The van der Waals surface area contributed by atoms with Gasteiger partial charge in [-0.3, -0.25) is 0 Å². The van der Waals surface area contributed by atoms with Crippen LogP contribution in [-0.4, -0.2) is 33.9 Å². The van der Waals surface area contributed by atoms with Crippen molar-refractivity contribution in [1.82, 2.24) is 14.8 Å². The number of hydrogen-bond acceptors (Lipinski definition) is 6. The first-order valence-electron chi connectivity index (χ1n) is 9.28. The first-order valence-corrected chi connectivity index (χ1v) is 9.28. The van der Waals surface area contributed by atoms with Crippen molar-refractivity contribution in [2.75, 3.05) is 18.5 Å². The molecule has 27 heavy (non-hydrogen) atoms. The van der Waals surface area contributed by atoms with Gasteiger partial charge in [0.05, 0.1) is 18.8 Å². The van der Waals surface area contributed by atoms with Gasteiger partial charge in [0.2, 0.25) is 5.95 Å². The van der Waals surface area contributed by atoms with Crippen LogP contribution in [0, 0.1) is 5.92 Å². The summed E-state index contributed by atoms with van der Waals surface area (Å²) in [7, 11) is 0. The van der Waals surface area contributed by atoms with Gasteiger partial charge >= 0.3 is 5.97 Å². The summed E-state index contributed by atoms with van der Waals surface area (Å²) in [5.74, 6) is 1.66. The molecule has 1 unspecified atom stereocenters. The number of benzene rings is 1. The number of nitrogens with zero attached hydrogens (tertiary/aromatic N) is 3. The Labute approximate surface area is 159 Å². The molecule has 3 rings (SSSR count). The lowest BCUT2D eigenvalue weighted by molar-refractivity contribution is -0.139. The molecular weight excluding hydrogens is 344 g/mol. The highest BCUT2D eigenvalue weighted by Crippen LogP contribution is 2.35. The summed E-state index contributed by atoms with van der Waals surface area (Å²) < 4.78 is 12.8. The number of esters is 1. The number of aromatic nitrogens is 3. The molecule has 0 saturated carbocycles. The largest absolute Gasteiger partial charge is 0.494 e. The molecule has 1 aliphatic rings. The molecule has 0 fully saturated rings. The highest BCUT2D eigenvalue weighted by molar-refractivity contribution is 5.92. The van der Waals surface area contributed by atoms with Crippen LogP contribution in [0.5, 0.6) is 5.75 Å². The molecule has 7 heteroatoms. The van der Waals surface area contributed by atoms with E-state index in [0.717, 1.165) is 23.4 Å². The van der Waals surface area contributed by atoms with Crippen LogP contribution < -0.4 is 10.1 Å². The van der Waals surface area contributed by atoms with E-state index in [1.54, 1.807) is 11.6 Å². The second kappa shape index (κ2) is 8.24. The monoisotopic (exact) mass is 370 g/mol. The molecule has 7 nitrogen and oxygen atoms in total. The van der Waals surface area contributed by atoms with Crippen LogP contribution in [0.3, 0.4) is 0 Å². The van der Waals surface area contributed by atoms with Crippen LogP contribution in [0.15, 0.2) is 41.9 Å². The van der Waals surface area contributed by atoms with Gasteiger partial charge in [0.15, 0.2) is 0 Å². The van der Waals surface area contributed by atoms with Gasteiger partial charge in [-0.1, -0.05) is 26.0 Å². The van der Waals surface area contributed by atoms with Gasteiger partial charge in [-0.15, -0.1) is 0 Å². The van der Waals surface area contributed by atoms with Gasteiger partial charge in [-0.05, 0) is 43.9 Å². The number of anilines is 1. The molecule has 0 saturated heterocycles. The van der Waals surface area contributed by atoms with E-state index in [9.17, 15) is 4.79 Å². The molecule has 0 radical (unpaired) electrons. The predicted octanol–water partition coefficient (Wildman–Crippen LogP) is 3.56. The first-order chi connectivity index (χ1) is 13.0. The number of ether oxygens (including phenoxy) is 2. The van der Waals surface area contributed by atoms with Gasteiger partial charge in [-0.25, -0.2) is 9.48 Å². The van der Waals surface area contributed by atoms with Crippen molar-refractivity contribution in [2.45, 2.75) is 40.2 Å². The molecule has 1 N–H and O–H groups in total. The molecule has 144 valence electrons. The number of allylic oxidation sites excluding steroid dienone is 1. The average Bonchev–Trinajstić information content (AvgIpc) is 3.09. The highest BCUT2D eigenvalue weighted by atomic mass is 16.5. The summed E-state index contributed by atoms with van der Waals surface area (Å²) in [6.07, 6.45) is 2.48. The minimum Gasteiger partial charge on any atom is -0.494 e. The van der Waals surface area contributed by atoms with Crippen molar-refractivity contribution in [3.05, 3.63) is 47.4 Å². The van der Waals surface area contributed by atoms with E-state index in [4.69, 9.17) is 9.47 Å². The quantitative estimate of drug-likeness (QED) is 0.751. The average molecular weight is 370 g/mol. The summed E-state index contributed by atoms with van der Waals surface area (Å²) in [4.78, 5) is 16.8. The smallest absolute Gasteiger partial charge is 0.338 e. The SMILES string of the molecule is CCOC(=O)C1=C(C)Nc2ncnn2C1c1ccc(OCCC(C)C)cc1. The van der Waals surface area contributed by atoms with E-state index in [-0.39, 0.29) is 5.97 Å². The number of rotatable bonds is 7. The summed E-state index contributed by atoms with van der Waals surface area (Å²) in [6, 6.07) is 7.36. The Kier molecular flexibility index (Phi) is 5.78. The maximum absolute atomic E-state index is 12.6. The van der Waals surface area contributed by atoms with Crippen LogP contribution in [0.1, 0.15) is 45.7 Å². The second-order valence-corrected chi connectivity index (χ2v) is 6.91. The van der Waals surface area contributed by atoms with Gasteiger partial charge in [-0.2, -0.15) is 10.1 Å². The fourth-order valence-corrected chi connectivity index (χ4v) is 3.03. The Morgan fingerprint density at radius 3 is 2.70 bits per heavy atom. The van der Waals surface area contributed by atoms with Gasteiger partial charge in [0.1, 0.15) is 18.1 Å². The van der Waals surface area contributed by atoms with Crippen LogP contribution in [-0.2, 0) is 9.53 Å². The van der Waals surface area contributed by atoms with Crippen LogP contribution in [0.25, 0.3) is 0 Å². The summed E-state index contributed by atoms with van der Waals surface area (Å²) in [5, 5.41) is 7.43. The van der Waals surface area contributed by atoms with E-state index in [2.05, 4.69) is 29.2 Å². The zero-order chi connectivity index (χ0) is 19.4. The number of carbonyl (C=O) groups excluding carboxylic acids is 1. The van der Waals surface area contributed by atoms with Crippen LogP contribution >= 0.6 is 0 Å². The molecule has 0 amide bonds. The molecule has 0 bridgehead atoms. The lowest BCUT2D eigenvalue weighted by Crippen LogP contribution is -2.29. The lowest BCUT2D eigenvalue weighted by atomic mass is 9.96. The normalized spacial score (nSPS) is 16.1. The fourth-order valence-electron chi connectivity index (χ4n) is 3.03. The predicted molar refractivity (Wildman–Crippen MR) is 103 cm³/mol. The minimum absolute atomic E-state index is 0.315. The number of carbonyl (C=O) groups is 1. The summed E-state index contributed by atoms with van der Waals surface area (Å²) >= 11 is 0. The third kappa shape index (κ3) is 4.13. The standard InChI is InChI=1S/C20H26N4O3/c1-5-26-19(25)17-14(4)23-20-21-12-22-24(20)18(17)15-6-8-16(9-7-15)27-11-10-13(2)3/h6-9,12-13,18H,5,10-11H2,1-4H3,(H,21,22,23). The zero-order valence-corrected chi connectivity index (χ0v) is 16.2. The Balaban J connectivity index is 1.89. The fraction of sp³-hybridized carbons (Fsp3) is 0.450. The van der Waals surface area contributed by atoms with E-state index in [0.29, 0.717) is 30.7 Å². The molecule has 1 aliphatic heterocycles. The van der Waals surface area contributed by atoms with Gasteiger partial charge in [0.25, 0.3) is 0 Å². The lowest BCUT2D eigenvalue weighted by Gasteiger charge is -2.28. The Bertz CT molecular complexity index is 824. The maximum Gasteiger partial charge on any atom is 0.338 e. The van der Waals surface area contributed by atoms with Gasteiger partial charge < -0.3 is 14.8 Å². The van der Waals surface area contributed by atoms with Crippen LogP contribution in [0.2, 0.25) is 0 Å². The van der Waals surface area contributed by atoms with E-state index >= 15 is 0 Å². The topological polar surface area (TPSA) is 78.3 Å². The van der Waals surface area contributed by atoms with Crippen molar-refractivity contribution in [2.24, 2.45) is 5.92 Å². The van der Waals surface area contributed by atoms with E-state index in [1.807, 2.05) is 31.2 Å². The van der Waals surface area contributed by atoms with E-state index in [1.165, 1.54) is 6.33 Å². The molecular formula is C20H26N4O3. The maximum atomic E-state index is 12.6. The van der Waals surface area contributed by atoms with Gasteiger partial charge in [0, 0.05) is 5.70 Å². The Morgan fingerprint density at radius 1 is 1.30 bits per heavy atom. The molecule has 0 aliphatic carbocycles. The van der Waals surface area contributed by atoms with Crippen LogP contribution in [0.4, 0.5) is 5.95 Å². The number of fused-ring (bicyclic) bond motifs is 1. The Hall–Kier alpha value is -2.83. The molecule has 2 heterocycles. The summed E-state index contributed by atoms with van der Waals surface area (Å²) in [6.45, 7) is 8.99. The molecule has 1 aromatic carbocycles. The zero-order valence-electron chi connectivity index (χ0n) is 16.2. The van der Waals surface area contributed by atoms with Crippen molar-refractivity contribution in [3.63, 3.8) is 0 Å². The summed E-state index contributed by atoms with van der Waals surface area (Å²) in [5.41, 5.74) is 2.17. The van der Waals surface area contributed by atoms with Crippen molar-refractivity contribution < 1.29 is 14.3 Å².